The van der Waals surface area contributed by atoms with E-state index in [1.807, 2.05) is 13.2 Å². The van der Waals surface area contributed by atoms with Gasteiger partial charge in [0.15, 0.2) is 0 Å². The van der Waals surface area contributed by atoms with Gasteiger partial charge < -0.3 is 5.11 Å². The molecule has 1 saturated heterocycles. The Kier molecular flexibility index (Phi) is 2.79. The molecular weight excluding hydrogens is 180 g/mol. The number of nitrogens with zero attached hydrogens (tertiary/aromatic N) is 4. The fourth-order valence-electron chi connectivity index (χ4n) is 1.87. The number of piperidine rings is 1. The molecule has 0 aliphatic carbocycles. The molecule has 78 valence electrons. The van der Waals surface area contributed by atoms with Crippen LogP contribution in [0.1, 0.15) is 18.5 Å². The maximum Gasteiger partial charge on any atom is 0.0967 e. The van der Waals surface area contributed by atoms with Crippen molar-refractivity contribution in [2.45, 2.75) is 25.5 Å². The highest BCUT2D eigenvalue weighted by molar-refractivity contribution is 4.92. The molecule has 1 fully saturated rings. The number of likely N-dealkylation sites (tertiary alicyclic amines) is 1. The summed E-state index contributed by atoms with van der Waals surface area (Å²) in [6.07, 6.45) is 3.75. The summed E-state index contributed by atoms with van der Waals surface area (Å²) >= 11 is 0. The van der Waals surface area contributed by atoms with Crippen LogP contribution in [0.2, 0.25) is 0 Å². The van der Waals surface area contributed by atoms with Crippen LogP contribution in [0.15, 0.2) is 6.20 Å². The number of β-amino-alcohol motifs (C(OH)–C–C–N with tert-alkyl or cyclic N) is 1. The lowest BCUT2D eigenvalue weighted by molar-refractivity contribution is 0.0662. The minimum atomic E-state index is -0.166. The molecule has 14 heavy (non-hydrogen) atoms. The number of aryl methyl sites for hydroxylation is 1. The van der Waals surface area contributed by atoms with Gasteiger partial charge in [-0.05, 0) is 19.4 Å². The fraction of sp³-hybridized carbons (Fsp3) is 0.778. The number of aliphatic hydroxyl groups is 1. The predicted molar refractivity (Wildman–Crippen MR) is 51.5 cm³/mol. The van der Waals surface area contributed by atoms with Crippen molar-refractivity contribution in [1.82, 2.24) is 19.9 Å². The Morgan fingerprint density at radius 2 is 2.50 bits per heavy atom. The van der Waals surface area contributed by atoms with Gasteiger partial charge >= 0.3 is 0 Å². The van der Waals surface area contributed by atoms with E-state index in [-0.39, 0.29) is 6.10 Å². The monoisotopic (exact) mass is 196 g/mol. The van der Waals surface area contributed by atoms with E-state index in [0.717, 1.165) is 38.2 Å². The van der Waals surface area contributed by atoms with Gasteiger partial charge in [0, 0.05) is 26.3 Å². The Morgan fingerprint density at radius 1 is 1.64 bits per heavy atom. The second kappa shape index (κ2) is 4.06. The first kappa shape index (κ1) is 9.61. The maximum atomic E-state index is 9.48. The number of aliphatic hydroxyl groups excluding tert-OH is 1. The minimum Gasteiger partial charge on any atom is -0.392 e. The largest absolute Gasteiger partial charge is 0.392 e. The second-order valence-electron chi connectivity index (χ2n) is 3.91. The molecule has 1 aliphatic heterocycles. The molecule has 1 atom stereocenters. The summed E-state index contributed by atoms with van der Waals surface area (Å²) in [5.74, 6) is 0. The van der Waals surface area contributed by atoms with Crippen LogP contribution in [0.4, 0.5) is 0 Å². The first-order valence-electron chi connectivity index (χ1n) is 4.99. The maximum absolute atomic E-state index is 9.48. The average molecular weight is 196 g/mol. The molecule has 5 heteroatoms. The van der Waals surface area contributed by atoms with Gasteiger partial charge in [-0.2, -0.15) is 0 Å². The van der Waals surface area contributed by atoms with Gasteiger partial charge in [0.05, 0.1) is 11.8 Å². The Labute approximate surface area is 83.3 Å². The third-order valence-electron chi connectivity index (χ3n) is 2.52. The summed E-state index contributed by atoms with van der Waals surface area (Å²) in [6.45, 7) is 2.61. The zero-order valence-corrected chi connectivity index (χ0v) is 8.43. The van der Waals surface area contributed by atoms with Gasteiger partial charge in [-0.15, -0.1) is 5.10 Å². The van der Waals surface area contributed by atoms with Crippen LogP contribution in [0, 0.1) is 0 Å². The molecule has 1 aliphatic rings. The molecule has 0 saturated carbocycles. The Hall–Kier alpha value is -0.940. The van der Waals surface area contributed by atoms with E-state index in [1.165, 1.54) is 0 Å². The van der Waals surface area contributed by atoms with Crippen LogP contribution in [0.3, 0.4) is 0 Å². The quantitative estimate of drug-likeness (QED) is 0.710. The van der Waals surface area contributed by atoms with Crippen molar-refractivity contribution in [3.63, 3.8) is 0 Å². The number of hydrogen-bond donors (Lipinski definition) is 1. The Balaban J connectivity index is 1.90. The van der Waals surface area contributed by atoms with Crippen LogP contribution >= 0.6 is 0 Å². The van der Waals surface area contributed by atoms with Crippen LogP contribution in [0.25, 0.3) is 0 Å². The van der Waals surface area contributed by atoms with Crippen LogP contribution < -0.4 is 0 Å². The van der Waals surface area contributed by atoms with E-state index < -0.39 is 0 Å². The number of aromatic nitrogens is 3. The third kappa shape index (κ3) is 2.30. The van der Waals surface area contributed by atoms with Crippen molar-refractivity contribution in [3.8, 4) is 0 Å². The standard InChI is InChI=1S/C9H16N4O/c1-12-5-8(10-11-12)6-13-4-2-3-9(14)7-13/h5,9,14H,2-4,6-7H2,1H3/t9-/m0/s1. The molecule has 1 aromatic heterocycles. The van der Waals surface area contributed by atoms with Crippen molar-refractivity contribution < 1.29 is 5.11 Å². The molecule has 1 aromatic rings. The number of hydrogen-bond acceptors (Lipinski definition) is 4. The summed E-state index contributed by atoms with van der Waals surface area (Å²) < 4.78 is 1.70. The Bertz CT molecular complexity index is 299. The zero-order valence-electron chi connectivity index (χ0n) is 8.43. The van der Waals surface area contributed by atoms with E-state index in [2.05, 4.69) is 15.2 Å². The van der Waals surface area contributed by atoms with Crippen LogP contribution in [-0.2, 0) is 13.6 Å². The van der Waals surface area contributed by atoms with E-state index in [9.17, 15) is 5.11 Å². The first-order chi connectivity index (χ1) is 6.74. The lowest BCUT2D eigenvalue weighted by Crippen LogP contribution is -2.37. The molecule has 0 bridgehead atoms. The molecule has 5 nitrogen and oxygen atoms in total. The molecule has 2 heterocycles. The second-order valence-corrected chi connectivity index (χ2v) is 3.91. The van der Waals surface area contributed by atoms with E-state index >= 15 is 0 Å². The first-order valence-corrected chi connectivity index (χ1v) is 4.99. The lowest BCUT2D eigenvalue weighted by atomic mass is 10.1. The van der Waals surface area contributed by atoms with E-state index in [1.54, 1.807) is 4.68 Å². The smallest absolute Gasteiger partial charge is 0.0967 e. The predicted octanol–water partition coefficient (Wildman–Crippen LogP) is -0.228. The summed E-state index contributed by atoms with van der Waals surface area (Å²) in [5, 5.41) is 17.4. The molecule has 1 N–H and O–H groups in total. The van der Waals surface area contributed by atoms with Gasteiger partial charge in [-0.1, -0.05) is 5.21 Å². The van der Waals surface area contributed by atoms with Gasteiger partial charge in [-0.3, -0.25) is 9.58 Å². The van der Waals surface area contributed by atoms with E-state index in [0.29, 0.717) is 0 Å². The highest BCUT2D eigenvalue weighted by Crippen LogP contribution is 2.11. The van der Waals surface area contributed by atoms with Crippen molar-refractivity contribution in [2.24, 2.45) is 7.05 Å². The SMILES string of the molecule is Cn1cc(CN2CCC[C@H](O)C2)nn1. The van der Waals surface area contributed by atoms with E-state index in [4.69, 9.17) is 0 Å². The molecule has 0 amide bonds. The third-order valence-corrected chi connectivity index (χ3v) is 2.52. The highest BCUT2D eigenvalue weighted by Gasteiger charge is 2.18. The number of rotatable bonds is 2. The average Bonchev–Trinajstić information content (AvgIpc) is 2.51. The van der Waals surface area contributed by atoms with Gasteiger partial charge in [0.25, 0.3) is 0 Å². The topological polar surface area (TPSA) is 54.2 Å². The summed E-state index contributed by atoms with van der Waals surface area (Å²) in [6, 6.07) is 0. The fourth-order valence-corrected chi connectivity index (χ4v) is 1.87. The molecular formula is C9H16N4O. The van der Waals surface area contributed by atoms with Crippen LogP contribution in [-0.4, -0.2) is 44.2 Å². The molecule has 0 unspecified atom stereocenters. The summed E-state index contributed by atoms with van der Waals surface area (Å²) in [7, 11) is 1.86. The minimum absolute atomic E-state index is 0.166. The molecule has 0 spiro atoms. The van der Waals surface area contributed by atoms with Crippen molar-refractivity contribution >= 4 is 0 Å². The normalized spacial score (nSPS) is 24.0. The Morgan fingerprint density at radius 3 is 3.14 bits per heavy atom. The van der Waals surface area contributed by atoms with Gasteiger partial charge in [0.1, 0.15) is 0 Å². The summed E-state index contributed by atoms with van der Waals surface area (Å²) in [4.78, 5) is 2.22. The van der Waals surface area contributed by atoms with Gasteiger partial charge in [-0.25, -0.2) is 0 Å². The molecule has 0 aromatic carbocycles. The van der Waals surface area contributed by atoms with Crippen molar-refractivity contribution in [3.05, 3.63) is 11.9 Å². The lowest BCUT2D eigenvalue weighted by Gasteiger charge is -2.28. The van der Waals surface area contributed by atoms with Crippen molar-refractivity contribution in [1.29, 1.82) is 0 Å². The molecule has 0 radical (unpaired) electrons. The van der Waals surface area contributed by atoms with Crippen LogP contribution in [0.5, 0.6) is 0 Å². The zero-order chi connectivity index (χ0) is 9.97. The van der Waals surface area contributed by atoms with Gasteiger partial charge in [0.2, 0.25) is 0 Å². The summed E-state index contributed by atoms with van der Waals surface area (Å²) in [5.41, 5.74) is 0.974. The van der Waals surface area contributed by atoms with Crippen molar-refractivity contribution in [2.75, 3.05) is 13.1 Å². The molecule has 2 rings (SSSR count). The highest BCUT2D eigenvalue weighted by atomic mass is 16.3.